The highest BCUT2D eigenvalue weighted by atomic mass is 35.5. The molecule has 0 heterocycles. The number of halogens is 2. The van der Waals surface area contributed by atoms with E-state index in [2.05, 4.69) is 5.32 Å². The molecule has 0 aromatic heterocycles. The van der Waals surface area contributed by atoms with Gasteiger partial charge in [0, 0.05) is 10.7 Å². The normalized spacial score (nSPS) is 11.9. The standard InChI is InChI=1S/C14H11ClFNO2S/c15-10-4-3-5-11(8-10)17-14(18)9-20(19)13-7-2-1-6-12(13)16/h1-8H,9H2,(H,17,18). The van der Waals surface area contributed by atoms with Gasteiger partial charge in [-0.15, -0.1) is 0 Å². The molecule has 0 aliphatic heterocycles. The second-order valence-electron chi connectivity index (χ2n) is 3.98. The lowest BCUT2D eigenvalue weighted by Crippen LogP contribution is -2.19. The molecule has 0 spiro atoms. The second kappa shape index (κ2) is 6.63. The average Bonchev–Trinajstić information content (AvgIpc) is 2.38. The fourth-order valence-electron chi connectivity index (χ4n) is 1.59. The molecule has 1 atom stereocenters. The summed E-state index contributed by atoms with van der Waals surface area (Å²) in [6, 6.07) is 12.3. The van der Waals surface area contributed by atoms with Crippen molar-refractivity contribution < 1.29 is 13.4 Å². The molecular weight excluding hydrogens is 301 g/mol. The first-order valence-electron chi connectivity index (χ1n) is 5.74. The lowest BCUT2D eigenvalue weighted by molar-refractivity contribution is -0.113. The zero-order valence-electron chi connectivity index (χ0n) is 10.3. The van der Waals surface area contributed by atoms with E-state index in [1.807, 2.05) is 0 Å². The van der Waals surface area contributed by atoms with Gasteiger partial charge in [-0.25, -0.2) is 4.39 Å². The highest BCUT2D eigenvalue weighted by Gasteiger charge is 2.13. The molecular formula is C14H11ClFNO2S. The molecule has 1 amide bonds. The van der Waals surface area contributed by atoms with Crippen molar-refractivity contribution in [3.05, 3.63) is 59.4 Å². The number of hydrogen-bond donors (Lipinski definition) is 1. The fraction of sp³-hybridized carbons (Fsp3) is 0.0714. The van der Waals surface area contributed by atoms with Gasteiger partial charge in [0.05, 0.1) is 15.7 Å². The van der Waals surface area contributed by atoms with Crippen LogP contribution in [0.5, 0.6) is 0 Å². The maximum absolute atomic E-state index is 13.4. The number of amides is 1. The molecule has 2 rings (SSSR count). The summed E-state index contributed by atoms with van der Waals surface area (Å²) in [6.45, 7) is 0. The summed E-state index contributed by atoms with van der Waals surface area (Å²) >= 11 is 5.79. The van der Waals surface area contributed by atoms with Crippen molar-refractivity contribution in [1.82, 2.24) is 0 Å². The van der Waals surface area contributed by atoms with E-state index in [-0.39, 0.29) is 10.6 Å². The number of nitrogens with one attached hydrogen (secondary N) is 1. The number of anilines is 1. The summed E-state index contributed by atoms with van der Waals surface area (Å²) in [5.74, 6) is -1.36. The smallest absolute Gasteiger partial charge is 0.237 e. The molecule has 2 aromatic rings. The highest BCUT2D eigenvalue weighted by Crippen LogP contribution is 2.16. The molecule has 6 heteroatoms. The summed E-state index contributed by atoms with van der Waals surface area (Å²) in [5.41, 5.74) is 0.507. The number of carbonyl (C=O) groups is 1. The molecule has 0 radical (unpaired) electrons. The van der Waals surface area contributed by atoms with E-state index in [0.717, 1.165) is 0 Å². The molecule has 1 unspecified atom stereocenters. The van der Waals surface area contributed by atoms with Gasteiger partial charge in [-0.2, -0.15) is 0 Å². The van der Waals surface area contributed by atoms with Crippen LogP contribution in [0, 0.1) is 5.82 Å². The molecule has 104 valence electrons. The molecule has 1 N–H and O–H groups in total. The van der Waals surface area contributed by atoms with Gasteiger partial charge >= 0.3 is 0 Å². The Morgan fingerprint density at radius 1 is 1.20 bits per heavy atom. The molecule has 0 fully saturated rings. The van der Waals surface area contributed by atoms with Gasteiger partial charge in [0.2, 0.25) is 5.91 Å². The van der Waals surface area contributed by atoms with Crippen LogP contribution in [-0.2, 0) is 15.6 Å². The fourth-order valence-corrected chi connectivity index (χ4v) is 2.76. The van der Waals surface area contributed by atoms with E-state index in [9.17, 15) is 13.4 Å². The lowest BCUT2D eigenvalue weighted by atomic mass is 10.3. The van der Waals surface area contributed by atoms with Crippen LogP contribution in [0.15, 0.2) is 53.4 Å². The molecule has 0 saturated carbocycles. The van der Waals surface area contributed by atoms with Gasteiger partial charge in [0.25, 0.3) is 0 Å². The van der Waals surface area contributed by atoms with Gasteiger partial charge in [0.15, 0.2) is 0 Å². The Kier molecular flexibility index (Phi) is 4.87. The SMILES string of the molecule is O=C(CS(=O)c1ccccc1F)Nc1cccc(Cl)c1. The molecule has 3 nitrogen and oxygen atoms in total. The Balaban J connectivity index is 2.02. The number of rotatable bonds is 4. The zero-order valence-corrected chi connectivity index (χ0v) is 11.9. The summed E-state index contributed by atoms with van der Waals surface area (Å²) in [7, 11) is -1.72. The predicted molar refractivity (Wildman–Crippen MR) is 77.8 cm³/mol. The number of hydrogen-bond acceptors (Lipinski definition) is 2. The van der Waals surface area contributed by atoms with Gasteiger partial charge in [0.1, 0.15) is 11.6 Å². The maximum Gasteiger partial charge on any atom is 0.237 e. The topological polar surface area (TPSA) is 46.2 Å². The van der Waals surface area contributed by atoms with Gasteiger partial charge in [-0.05, 0) is 30.3 Å². The van der Waals surface area contributed by atoms with E-state index in [4.69, 9.17) is 11.6 Å². The van der Waals surface area contributed by atoms with Crippen molar-refractivity contribution >= 4 is 34.0 Å². The van der Waals surface area contributed by atoms with Gasteiger partial charge in [-0.3, -0.25) is 9.00 Å². The maximum atomic E-state index is 13.4. The van der Waals surface area contributed by atoms with Crippen LogP contribution in [0.4, 0.5) is 10.1 Å². The minimum absolute atomic E-state index is 0.0220. The van der Waals surface area contributed by atoms with E-state index in [1.165, 1.54) is 18.2 Å². The third kappa shape index (κ3) is 3.88. The third-order valence-electron chi connectivity index (χ3n) is 2.45. The van der Waals surface area contributed by atoms with Gasteiger partial charge in [-0.1, -0.05) is 29.8 Å². The van der Waals surface area contributed by atoms with Crippen molar-refractivity contribution in [1.29, 1.82) is 0 Å². The molecule has 0 aliphatic rings. The molecule has 20 heavy (non-hydrogen) atoms. The quantitative estimate of drug-likeness (QED) is 0.942. The van der Waals surface area contributed by atoms with Crippen LogP contribution in [0.1, 0.15) is 0 Å². The zero-order chi connectivity index (χ0) is 14.5. The Morgan fingerprint density at radius 3 is 2.65 bits per heavy atom. The lowest BCUT2D eigenvalue weighted by Gasteiger charge is -2.06. The second-order valence-corrected chi connectivity index (χ2v) is 5.83. The van der Waals surface area contributed by atoms with Crippen LogP contribution in [0.3, 0.4) is 0 Å². The third-order valence-corrected chi connectivity index (χ3v) is 4.03. The first kappa shape index (κ1) is 14.7. The average molecular weight is 312 g/mol. The van der Waals surface area contributed by atoms with Crippen LogP contribution in [-0.4, -0.2) is 15.9 Å². The van der Waals surface area contributed by atoms with Crippen LogP contribution >= 0.6 is 11.6 Å². The molecule has 0 saturated heterocycles. The van der Waals surface area contributed by atoms with E-state index < -0.39 is 22.5 Å². The van der Waals surface area contributed by atoms with E-state index in [1.54, 1.807) is 30.3 Å². The van der Waals surface area contributed by atoms with Crippen molar-refractivity contribution in [3.63, 3.8) is 0 Å². The van der Waals surface area contributed by atoms with E-state index in [0.29, 0.717) is 10.7 Å². The minimum atomic E-state index is -1.72. The highest BCUT2D eigenvalue weighted by molar-refractivity contribution is 7.85. The summed E-state index contributed by atoms with van der Waals surface area (Å²) < 4.78 is 25.3. The van der Waals surface area contributed by atoms with Crippen LogP contribution in [0.25, 0.3) is 0 Å². The van der Waals surface area contributed by atoms with Crippen molar-refractivity contribution in [2.75, 3.05) is 11.1 Å². The predicted octanol–water partition coefficient (Wildman–Crippen LogP) is 3.23. The van der Waals surface area contributed by atoms with E-state index >= 15 is 0 Å². The largest absolute Gasteiger partial charge is 0.325 e. The Labute approximate surface area is 123 Å². The first-order chi connectivity index (χ1) is 9.56. The summed E-state index contributed by atoms with van der Waals surface area (Å²) in [6.07, 6.45) is 0. The number of benzene rings is 2. The molecule has 0 aliphatic carbocycles. The minimum Gasteiger partial charge on any atom is -0.325 e. The first-order valence-corrected chi connectivity index (χ1v) is 7.44. The van der Waals surface area contributed by atoms with Crippen LogP contribution in [0.2, 0.25) is 5.02 Å². The monoisotopic (exact) mass is 311 g/mol. The summed E-state index contributed by atoms with van der Waals surface area (Å²) in [5, 5.41) is 3.05. The Hall–Kier alpha value is -1.72. The summed E-state index contributed by atoms with van der Waals surface area (Å²) in [4.78, 5) is 11.8. The van der Waals surface area contributed by atoms with Gasteiger partial charge < -0.3 is 5.32 Å². The van der Waals surface area contributed by atoms with Crippen LogP contribution < -0.4 is 5.32 Å². The number of carbonyl (C=O) groups excluding carboxylic acids is 1. The molecule has 0 bridgehead atoms. The van der Waals surface area contributed by atoms with Crippen molar-refractivity contribution in [3.8, 4) is 0 Å². The van der Waals surface area contributed by atoms with Crippen molar-refractivity contribution in [2.24, 2.45) is 0 Å². The van der Waals surface area contributed by atoms with Crippen molar-refractivity contribution in [2.45, 2.75) is 4.90 Å². The Morgan fingerprint density at radius 2 is 1.95 bits per heavy atom. The Bertz CT molecular complexity index is 663. The molecule has 2 aromatic carbocycles.